The Labute approximate surface area is 115 Å². The predicted octanol–water partition coefficient (Wildman–Crippen LogP) is 3.28. The summed E-state index contributed by atoms with van der Waals surface area (Å²) in [4.78, 5) is 24.8. The maximum atomic E-state index is 12.5. The van der Waals surface area contributed by atoms with Crippen LogP contribution in [0.4, 0.5) is 0 Å². The average molecular weight is 264 g/mol. The third-order valence-electron chi connectivity index (χ3n) is 4.23. The smallest absolute Gasteiger partial charge is 0.309 e. The van der Waals surface area contributed by atoms with Crippen molar-refractivity contribution in [2.45, 2.75) is 59.5 Å². The molecule has 3 heteroatoms. The van der Waals surface area contributed by atoms with Crippen molar-refractivity contribution >= 4 is 11.8 Å². The van der Waals surface area contributed by atoms with Gasteiger partial charge in [0.2, 0.25) is 0 Å². The van der Waals surface area contributed by atoms with Crippen LogP contribution in [0.2, 0.25) is 0 Å². The van der Waals surface area contributed by atoms with Crippen LogP contribution in [0.1, 0.15) is 53.9 Å². The molecule has 3 atom stereocenters. The molecule has 0 spiro atoms. The normalized spacial score (nSPS) is 38.2. The Morgan fingerprint density at radius 2 is 1.95 bits per heavy atom. The van der Waals surface area contributed by atoms with Gasteiger partial charge in [-0.15, -0.1) is 0 Å². The van der Waals surface area contributed by atoms with Gasteiger partial charge in [-0.1, -0.05) is 19.1 Å². The van der Waals surface area contributed by atoms with Crippen LogP contribution in [-0.2, 0) is 14.3 Å². The number of allylic oxidation sites excluding steroid dienone is 2. The van der Waals surface area contributed by atoms with Gasteiger partial charge < -0.3 is 4.74 Å². The Balaban J connectivity index is 2.22. The molecule has 0 N–H and O–H groups in total. The van der Waals surface area contributed by atoms with Gasteiger partial charge in [0.25, 0.3) is 0 Å². The number of carbonyl (C=O) groups excluding carboxylic acids is 2. The molecule has 2 aliphatic rings. The van der Waals surface area contributed by atoms with E-state index in [0.717, 1.165) is 6.42 Å². The summed E-state index contributed by atoms with van der Waals surface area (Å²) >= 11 is 0. The largest absolute Gasteiger partial charge is 0.460 e. The molecule has 1 fully saturated rings. The van der Waals surface area contributed by atoms with Crippen molar-refractivity contribution < 1.29 is 14.3 Å². The minimum Gasteiger partial charge on any atom is -0.460 e. The molecule has 0 heterocycles. The van der Waals surface area contributed by atoms with Crippen LogP contribution < -0.4 is 0 Å². The van der Waals surface area contributed by atoms with E-state index >= 15 is 0 Å². The molecule has 2 rings (SSSR count). The zero-order chi connectivity index (χ0) is 14.5. The van der Waals surface area contributed by atoms with Crippen LogP contribution in [0.15, 0.2) is 12.2 Å². The van der Waals surface area contributed by atoms with Gasteiger partial charge in [-0.2, -0.15) is 0 Å². The highest BCUT2D eigenvalue weighted by Gasteiger charge is 2.53. The summed E-state index contributed by atoms with van der Waals surface area (Å²) in [5.41, 5.74) is -1.36. The lowest BCUT2D eigenvalue weighted by atomic mass is 9.55. The van der Waals surface area contributed by atoms with E-state index in [-0.39, 0.29) is 17.7 Å². The quantitative estimate of drug-likeness (QED) is 0.539. The summed E-state index contributed by atoms with van der Waals surface area (Å²) in [6, 6.07) is 0. The summed E-state index contributed by atoms with van der Waals surface area (Å²) in [7, 11) is 0. The highest BCUT2D eigenvalue weighted by molar-refractivity contribution is 5.95. The van der Waals surface area contributed by atoms with Gasteiger partial charge in [-0.25, -0.2) is 0 Å². The summed E-state index contributed by atoms with van der Waals surface area (Å²) < 4.78 is 5.49. The second-order valence-corrected chi connectivity index (χ2v) is 7.55. The van der Waals surface area contributed by atoms with Gasteiger partial charge in [0.05, 0.1) is 5.92 Å². The molecule has 3 unspecified atom stereocenters. The molecule has 2 bridgehead atoms. The topological polar surface area (TPSA) is 43.4 Å². The maximum absolute atomic E-state index is 12.5. The van der Waals surface area contributed by atoms with Gasteiger partial charge >= 0.3 is 5.97 Å². The summed E-state index contributed by atoms with van der Waals surface area (Å²) in [6.07, 6.45) is 5.99. The molecule has 19 heavy (non-hydrogen) atoms. The van der Waals surface area contributed by atoms with Crippen molar-refractivity contribution in [3.63, 3.8) is 0 Å². The predicted molar refractivity (Wildman–Crippen MR) is 73.5 cm³/mol. The fourth-order valence-electron chi connectivity index (χ4n) is 3.45. The minimum absolute atomic E-state index is 0.159. The highest BCUT2D eigenvalue weighted by atomic mass is 16.6. The van der Waals surface area contributed by atoms with E-state index in [0.29, 0.717) is 12.8 Å². The van der Waals surface area contributed by atoms with Gasteiger partial charge in [-0.05, 0) is 47.0 Å². The Morgan fingerprint density at radius 3 is 2.47 bits per heavy atom. The number of Topliss-reactive ketones (excluding diaryl/α,β-unsaturated/α-hetero) is 1. The van der Waals surface area contributed by atoms with Crippen molar-refractivity contribution in [1.29, 1.82) is 0 Å². The van der Waals surface area contributed by atoms with Crippen LogP contribution >= 0.6 is 0 Å². The summed E-state index contributed by atoms with van der Waals surface area (Å²) in [6.45, 7) is 9.56. The molecule has 0 radical (unpaired) electrons. The number of hydrogen-bond donors (Lipinski definition) is 0. The van der Waals surface area contributed by atoms with E-state index in [4.69, 9.17) is 4.74 Å². The van der Waals surface area contributed by atoms with Crippen molar-refractivity contribution in [3.05, 3.63) is 12.2 Å². The Bertz CT molecular complexity index is 443. The number of ketones is 1. The first kappa shape index (κ1) is 14.3. The van der Waals surface area contributed by atoms with Crippen LogP contribution in [0.5, 0.6) is 0 Å². The first-order valence-electron chi connectivity index (χ1n) is 7.01. The fraction of sp³-hybridized carbons (Fsp3) is 0.750. The molecule has 0 aliphatic heterocycles. The van der Waals surface area contributed by atoms with E-state index in [2.05, 4.69) is 6.08 Å². The molecular weight excluding hydrogens is 240 g/mol. The zero-order valence-corrected chi connectivity index (χ0v) is 12.6. The standard InChI is InChI=1S/C16H24O3/c1-14(2,3)19-12(17)11-9-15(4)7-6-8-16(5,10-11)13(15)18/h6-7,11H,8-10H2,1-5H3. The molecule has 0 amide bonds. The van der Waals surface area contributed by atoms with Gasteiger partial charge in [0.15, 0.2) is 0 Å². The molecule has 1 saturated carbocycles. The number of rotatable bonds is 1. The number of fused-ring (bicyclic) bond motifs is 2. The summed E-state index contributed by atoms with van der Waals surface area (Å²) in [5.74, 6) is -0.0491. The van der Waals surface area contributed by atoms with Gasteiger partial charge in [0.1, 0.15) is 11.4 Å². The average Bonchev–Trinajstić information content (AvgIpc) is 2.20. The SMILES string of the molecule is CC(C)(C)OC(=O)C1CC2(C)C=CCC(C)(C1)C2=O. The second kappa shape index (κ2) is 4.19. The number of hydrogen-bond acceptors (Lipinski definition) is 3. The lowest BCUT2D eigenvalue weighted by Gasteiger charge is -2.47. The molecular formula is C16H24O3. The molecule has 0 saturated heterocycles. The Morgan fingerprint density at radius 1 is 1.32 bits per heavy atom. The van der Waals surface area contributed by atoms with Crippen molar-refractivity contribution in [2.75, 3.05) is 0 Å². The van der Waals surface area contributed by atoms with Crippen molar-refractivity contribution in [3.8, 4) is 0 Å². The highest BCUT2D eigenvalue weighted by Crippen LogP contribution is 2.51. The third kappa shape index (κ3) is 2.60. The molecule has 0 aromatic rings. The number of ether oxygens (including phenoxy) is 1. The van der Waals surface area contributed by atoms with E-state index in [1.165, 1.54) is 0 Å². The second-order valence-electron chi connectivity index (χ2n) is 7.55. The van der Waals surface area contributed by atoms with Crippen molar-refractivity contribution in [1.82, 2.24) is 0 Å². The first-order valence-corrected chi connectivity index (χ1v) is 7.01. The monoisotopic (exact) mass is 264 g/mol. The Hall–Kier alpha value is -1.12. The zero-order valence-electron chi connectivity index (χ0n) is 12.6. The van der Waals surface area contributed by atoms with E-state index < -0.39 is 16.4 Å². The van der Waals surface area contributed by atoms with Crippen LogP contribution in [0.3, 0.4) is 0 Å². The van der Waals surface area contributed by atoms with Gasteiger partial charge in [-0.3, -0.25) is 9.59 Å². The lowest BCUT2D eigenvalue weighted by Crippen LogP contribution is -2.50. The van der Waals surface area contributed by atoms with Crippen LogP contribution in [0, 0.1) is 16.7 Å². The Kier molecular flexibility index (Phi) is 3.15. The maximum Gasteiger partial charge on any atom is 0.309 e. The molecule has 106 valence electrons. The third-order valence-corrected chi connectivity index (χ3v) is 4.23. The van der Waals surface area contributed by atoms with E-state index in [1.807, 2.05) is 40.7 Å². The minimum atomic E-state index is -0.493. The lowest BCUT2D eigenvalue weighted by molar-refractivity contribution is -0.166. The molecule has 2 aliphatic carbocycles. The van der Waals surface area contributed by atoms with Crippen molar-refractivity contribution in [2.24, 2.45) is 16.7 Å². The number of carbonyl (C=O) groups is 2. The summed E-state index contributed by atoms with van der Waals surface area (Å²) in [5, 5.41) is 0. The van der Waals surface area contributed by atoms with E-state index in [9.17, 15) is 9.59 Å². The molecule has 0 aromatic heterocycles. The first-order chi connectivity index (χ1) is 8.56. The van der Waals surface area contributed by atoms with E-state index in [1.54, 1.807) is 0 Å². The molecule has 3 nitrogen and oxygen atoms in total. The van der Waals surface area contributed by atoms with Gasteiger partial charge in [0, 0.05) is 10.8 Å². The van der Waals surface area contributed by atoms with Crippen LogP contribution in [0.25, 0.3) is 0 Å². The number of esters is 1. The van der Waals surface area contributed by atoms with Crippen LogP contribution in [-0.4, -0.2) is 17.4 Å². The fourth-order valence-corrected chi connectivity index (χ4v) is 3.45. The molecule has 0 aromatic carbocycles.